The molecule has 0 radical (unpaired) electrons. The molecule has 0 aliphatic carbocycles. The number of aromatic nitrogens is 3. The van der Waals surface area contributed by atoms with E-state index >= 15 is 0 Å². The van der Waals surface area contributed by atoms with E-state index in [4.69, 9.17) is 0 Å². The monoisotopic (exact) mass is 332 g/mol. The van der Waals surface area contributed by atoms with Crippen LogP contribution in [0.5, 0.6) is 0 Å². The van der Waals surface area contributed by atoms with Crippen LogP contribution in [-0.4, -0.2) is 38.8 Å². The van der Waals surface area contributed by atoms with Gasteiger partial charge < -0.3 is 9.88 Å². The van der Waals surface area contributed by atoms with Gasteiger partial charge in [-0.2, -0.15) is 0 Å². The van der Waals surface area contributed by atoms with Gasteiger partial charge in [-0.25, -0.2) is 9.97 Å². The number of nitrogens with one attached hydrogen (secondary N) is 1. The molecule has 0 bridgehead atoms. The van der Waals surface area contributed by atoms with Crippen LogP contribution in [0.1, 0.15) is 70.4 Å². The Labute approximate surface area is 141 Å². The Hall–Kier alpha value is -1.69. The van der Waals surface area contributed by atoms with E-state index < -0.39 is 0 Å². The van der Waals surface area contributed by atoms with Crippen LogP contribution < -0.4 is 0 Å². The second-order valence-electron chi connectivity index (χ2n) is 6.62. The second kappa shape index (κ2) is 6.43. The van der Waals surface area contributed by atoms with Crippen molar-refractivity contribution in [2.75, 3.05) is 13.1 Å². The SMILES string of the molecule is Cc1nc([C@H]2CCCN(C(=O)c3cnc(C(C)C)[nH]3)C2)sc1C. The van der Waals surface area contributed by atoms with E-state index in [2.05, 4.69) is 42.6 Å². The molecule has 0 unspecified atom stereocenters. The Kier molecular flexibility index (Phi) is 4.53. The number of hydrogen-bond acceptors (Lipinski definition) is 4. The minimum Gasteiger partial charge on any atom is -0.338 e. The lowest BCUT2D eigenvalue weighted by Crippen LogP contribution is -2.39. The fourth-order valence-electron chi connectivity index (χ4n) is 2.94. The molecule has 3 heterocycles. The number of aromatic amines is 1. The number of likely N-dealkylation sites (tertiary alicyclic amines) is 1. The highest BCUT2D eigenvalue weighted by Crippen LogP contribution is 2.31. The summed E-state index contributed by atoms with van der Waals surface area (Å²) in [7, 11) is 0. The maximum absolute atomic E-state index is 12.7. The number of imidazole rings is 1. The predicted octanol–water partition coefficient (Wildman–Crippen LogP) is 3.63. The molecule has 0 aromatic carbocycles. The largest absolute Gasteiger partial charge is 0.338 e. The molecule has 1 aliphatic rings. The van der Waals surface area contributed by atoms with Crippen molar-refractivity contribution in [1.82, 2.24) is 19.9 Å². The molecule has 2 aromatic heterocycles. The van der Waals surface area contributed by atoms with Gasteiger partial charge in [0.1, 0.15) is 11.5 Å². The first kappa shape index (κ1) is 16.2. The normalized spacial score (nSPS) is 18.7. The standard InChI is InChI=1S/C17H24N4OS/c1-10(2)15-18-8-14(20-15)17(22)21-7-5-6-13(9-21)16-19-11(3)12(4)23-16/h8,10,13H,5-7,9H2,1-4H3,(H,18,20)/t13-/m0/s1. The third-order valence-corrected chi connectivity index (χ3v) is 5.71. The number of thiazole rings is 1. The molecule has 1 fully saturated rings. The number of nitrogens with zero attached hydrogens (tertiary/aromatic N) is 3. The summed E-state index contributed by atoms with van der Waals surface area (Å²) in [6, 6.07) is 0. The van der Waals surface area contributed by atoms with E-state index in [0.29, 0.717) is 17.5 Å². The maximum atomic E-state index is 12.7. The van der Waals surface area contributed by atoms with Gasteiger partial charge in [-0.15, -0.1) is 11.3 Å². The van der Waals surface area contributed by atoms with Crippen molar-refractivity contribution >= 4 is 17.2 Å². The number of hydrogen-bond donors (Lipinski definition) is 1. The number of piperidine rings is 1. The number of rotatable bonds is 3. The highest BCUT2D eigenvalue weighted by Gasteiger charge is 2.28. The molecule has 6 heteroatoms. The first-order valence-corrected chi connectivity index (χ1v) is 9.05. The average Bonchev–Trinajstić information content (AvgIpc) is 3.15. The molecule has 5 nitrogen and oxygen atoms in total. The second-order valence-corrected chi connectivity index (χ2v) is 7.86. The fraction of sp³-hybridized carbons (Fsp3) is 0.588. The van der Waals surface area contributed by atoms with Gasteiger partial charge in [0.2, 0.25) is 0 Å². The van der Waals surface area contributed by atoms with Gasteiger partial charge >= 0.3 is 0 Å². The van der Waals surface area contributed by atoms with Crippen molar-refractivity contribution in [1.29, 1.82) is 0 Å². The van der Waals surface area contributed by atoms with Crippen molar-refractivity contribution in [3.05, 3.63) is 33.3 Å². The number of aryl methyl sites for hydroxylation is 2. The third-order valence-electron chi connectivity index (χ3n) is 4.48. The molecule has 1 amide bonds. The number of carbonyl (C=O) groups is 1. The Balaban J connectivity index is 1.73. The van der Waals surface area contributed by atoms with Crippen LogP contribution in [-0.2, 0) is 0 Å². The van der Waals surface area contributed by atoms with E-state index in [0.717, 1.165) is 37.4 Å². The van der Waals surface area contributed by atoms with Gasteiger partial charge in [0.15, 0.2) is 0 Å². The Bertz CT molecular complexity index is 684. The zero-order chi connectivity index (χ0) is 16.6. The Morgan fingerprint density at radius 1 is 1.43 bits per heavy atom. The average molecular weight is 332 g/mol. The van der Waals surface area contributed by atoms with E-state index in [-0.39, 0.29) is 5.91 Å². The Morgan fingerprint density at radius 2 is 2.22 bits per heavy atom. The van der Waals surface area contributed by atoms with Gasteiger partial charge in [-0.1, -0.05) is 13.8 Å². The van der Waals surface area contributed by atoms with Crippen LogP contribution in [0.2, 0.25) is 0 Å². The van der Waals surface area contributed by atoms with Crippen molar-refractivity contribution in [2.24, 2.45) is 0 Å². The number of H-pyrrole nitrogens is 1. The van der Waals surface area contributed by atoms with Crippen LogP contribution >= 0.6 is 11.3 Å². The zero-order valence-corrected chi connectivity index (χ0v) is 15.0. The molecule has 1 atom stereocenters. The summed E-state index contributed by atoms with van der Waals surface area (Å²) in [5, 5.41) is 1.17. The molecule has 2 aromatic rings. The van der Waals surface area contributed by atoms with E-state index in [1.165, 1.54) is 9.88 Å². The predicted molar refractivity (Wildman–Crippen MR) is 92.1 cm³/mol. The molecular weight excluding hydrogens is 308 g/mol. The van der Waals surface area contributed by atoms with Gasteiger partial charge in [0.05, 0.1) is 16.9 Å². The molecule has 3 rings (SSSR count). The van der Waals surface area contributed by atoms with Gasteiger partial charge in [-0.05, 0) is 26.7 Å². The first-order chi connectivity index (χ1) is 11.0. The van der Waals surface area contributed by atoms with E-state index in [1.807, 2.05) is 4.90 Å². The zero-order valence-electron chi connectivity index (χ0n) is 14.2. The lowest BCUT2D eigenvalue weighted by Gasteiger charge is -2.31. The third kappa shape index (κ3) is 3.32. The molecular formula is C17H24N4OS. The molecule has 124 valence electrons. The highest BCUT2D eigenvalue weighted by molar-refractivity contribution is 7.11. The van der Waals surface area contributed by atoms with Crippen molar-refractivity contribution < 1.29 is 4.79 Å². The summed E-state index contributed by atoms with van der Waals surface area (Å²) in [5.74, 6) is 1.58. The molecule has 1 aliphatic heterocycles. The summed E-state index contributed by atoms with van der Waals surface area (Å²) in [6.07, 6.45) is 3.80. The summed E-state index contributed by atoms with van der Waals surface area (Å²) in [4.78, 5) is 28.1. The smallest absolute Gasteiger partial charge is 0.271 e. The van der Waals surface area contributed by atoms with Gasteiger partial charge in [0.25, 0.3) is 5.91 Å². The molecule has 23 heavy (non-hydrogen) atoms. The van der Waals surface area contributed by atoms with E-state index in [1.54, 1.807) is 17.5 Å². The number of carbonyl (C=O) groups excluding carboxylic acids is 1. The van der Waals surface area contributed by atoms with Crippen LogP contribution in [0.4, 0.5) is 0 Å². The van der Waals surface area contributed by atoms with Crippen molar-refractivity contribution in [2.45, 2.75) is 52.4 Å². The summed E-state index contributed by atoms with van der Waals surface area (Å²) in [5.41, 5.74) is 1.71. The quantitative estimate of drug-likeness (QED) is 0.933. The minimum absolute atomic E-state index is 0.0547. The Morgan fingerprint density at radius 3 is 2.83 bits per heavy atom. The van der Waals surface area contributed by atoms with Gasteiger partial charge in [0, 0.05) is 29.8 Å². The van der Waals surface area contributed by atoms with Crippen LogP contribution in [0.3, 0.4) is 0 Å². The first-order valence-electron chi connectivity index (χ1n) is 8.23. The van der Waals surface area contributed by atoms with E-state index in [9.17, 15) is 4.79 Å². The molecule has 0 saturated carbocycles. The van der Waals surface area contributed by atoms with Crippen LogP contribution in [0.15, 0.2) is 6.20 Å². The van der Waals surface area contributed by atoms with Crippen LogP contribution in [0.25, 0.3) is 0 Å². The van der Waals surface area contributed by atoms with Crippen molar-refractivity contribution in [3.8, 4) is 0 Å². The summed E-state index contributed by atoms with van der Waals surface area (Å²) >= 11 is 1.77. The minimum atomic E-state index is 0.0547. The number of amides is 1. The maximum Gasteiger partial charge on any atom is 0.271 e. The van der Waals surface area contributed by atoms with Crippen molar-refractivity contribution in [3.63, 3.8) is 0 Å². The fourth-order valence-corrected chi connectivity index (χ4v) is 3.99. The van der Waals surface area contributed by atoms with Gasteiger partial charge in [-0.3, -0.25) is 4.79 Å². The summed E-state index contributed by atoms with van der Waals surface area (Å²) < 4.78 is 0. The molecule has 0 spiro atoms. The summed E-state index contributed by atoms with van der Waals surface area (Å²) in [6.45, 7) is 9.86. The topological polar surface area (TPSA) is 61.9 Å². The molecule has 1 saturated heterocycles. The molecule has 1 N–H and O–H groups in total. The van der Waals surface area contributed by atoms with Crippen LogP contribution in [0, 0.1) is 13.8 Å². The lowest BCUT2D eigenvalue weighted by atomic mass is 9.98. The lowest BCUT2D eigenvalue weighted by molar-refractivity contribution is 0.0701. The highest BCUT2D eigenvalue weighted by atomic mass is 32.1.